The lowest BCUT2D eigenvalue weighted by Crippen LogP contribution is -2.35. The van der Waals surface area contributed by atoms with Crippen LogP contribution in [0, 0.1) is 5.41 Å². The van der Waals surface area contributed by atoms with E-state index >= 15 is 0 Å². The summed E-state index contributed by atoms with van der Waals surface area (Å²) in [6, 6.07) is 2.13. The van der Waals surface area contributed by atoms with E-state index in [-0.39, 0.29) is 30.3 Å². The van der Waals surface area contributed by atoms with Crippen LogP contribution >= 0.6 is 12.4 Å². The predicted octanol–water partition coefficient (Wildman–Crippen LogP) is 1.76. The van der Waals surface area contributed by atoms with Crippen molar-refractivity contribution in [1.29, 1.82) is 0 Å². The Bertz CT molecular complexity index is 484. The van der Waals surface area contributed by atoms with Gasteiger partial charge in [-0.15, -0.1) is 12.4 Å². The van der Waals surface area contributed by atoms with Crippen molar-refractivity contribution < 1.29 is 9.90 Å². The van der Waals surface area contributed by atoms with Crippen LogP contribution < -0.4 is 10.6 Å². The number of carbonyl (C=O) groups is 1. The van der Waals surface area contributed by atoms with Gasteiger partial charge in [0.2, 0.25) is 0 Å². The second kappa shape index (κ2) is 9.25. The average Bonchev–Trinajstić information content (AvgIpc) is 3.02. The highest BCUT2D eigenvalue weighted by Crippen LogP contribution is 2.21. The Labute approximate surface area is 144 Å². The summed E-state index contributed by atoms with van der Waals surface area (Å²) in [6.45, 7) is 6.94. The number of halogens is 1. The van der Waals surface area contributed by atoms with Crippen molar-refractivity contribution in [2.75, 3.05) is 26.2 Å². The molecule has 0 saturated carbocycles. The number of amides is 1. The molecular formula is C16H29ClN4O2. The molecule has 23 heavy (non-hydrogen) atoms. The molecule has 0 spiro atoms. The highest BCUT2D eigenvalue weighted by Gasteiger charge is 2.21. The van der Waals surface area contributed by atoms with Gasteiger partial charge < -0.3 is 15.7 Å². The van der Waals surface area contributed by atoms with Crippen molar-refractivity contribution in [3.63, 3.8) is 0 Å². The van der Waals surface area contributed by atoms with Crippen molar-refractivity contribution in [1.82, 2.24) is 20.4 Å². The van der Waals surface area contributed by atoms with Gasteiger partial charge in [0.25, 0.3) is 5.91 Å². The maximum Gasteiger partial charge on any atom is 0.271 e. The van der Waals surface area contributed by atoms with E-state index in [2.05, 4.69) is 29.6 Å². The molecule has 1 saturated heterocycles. The van der Waals surface area contributed by atoms with Crippen LogP contribution in [0.3, 0.4) is 0 Å². The van der Waals surface area contributed by atoms with Crippen LogP contribution in [0.1, 0.15) is 56.1 Å². The SMILES string of the molecule is CC(C)(CCCO)CNC(=O)c1ccn(C2CCCNC2)n1.Cl. The first-order chi connectivity index (χ1) is 10.5. The molecule has 6 nitrogen and oxygen atoms in total. The molecule has 0 aromatic carbocycles. The van der Waals surface area contributed by atoms with E-state index in [9.17, 15) is 4.79 Å². The Morgan fingerprint density at radius 1 is 1.57 bits per heavy atom. The Morgan fingerprint density at radius 3 is 3.00 bits per heavy atom. The van der Waals surface area contributed by atoms with Gasteiger partial charge in [-0.2, -0.15) is 5.10 Å². The molecule has 1 aliphatic rings. The first-order valence-corrected chi connectivity index (χ1v) is 8.17. The fourth-order valence-electron chi connectivity index (χ4n) is 2.78. The summed E-state index contributed by atoms with van der Waals surface area (Å²) < 4.78 is 1.90. The Hall–Kier alpha value is -1.11. The van der Waals surface area contributed by atoms with Crippen LogP contribution in [-0.4, -0.2) is 47.0 Å². The molecule has 0 radical (unpaired) electrons. The number of aliphatic hydroxyl groups excluding tert-OH is 1. The highest BCUT2D eigenvalue weighted by molar-refractivity contribution is 5.92. The van der Waals surface area contributed by atoms with Gasteiger partial charge in [-0.05, 0) is 43.7 Å². The molecule has 1 aromatic rings. The van der Waals surface area contributed by atoms with Gasteiger partial charge in [-0.25, -0.2) is 0 Å². The second-order valence-electron chi connectivity index (χ2n) is 6.86. The monoisotopic (exact) mass is 344 g/mol. The Kier molecular flexibility index (Phi) is 8.02. The zero-order valence-corrected chi connectivity index (χ0v) is 14.9. The highest BCUT2D eigenvalue weighted by atomic mass is 35.5. The van der Waals surface area contributed by atoms with Crippen LogP contribution in [0.5, 0.6) is 0 Å². The molecule has 1 aliphatic heterocycles. The van der Waals surface area contributed by atoms with Crippen LogP contribution in [0.25, 0.3) is 0 Å². The lowest BCUT2D eigenvalue weighted by atomic mass is 9.88. The van der Waals surface area contributed by atoms with E-state index in [1.165, 1.54) is 0 Å². The minimum Gasteiger partial charge on any atom is -0.396 e. The smallest absolute Gasteiger partial charge is 0.271 e. The second-order valence-corrected chi connectivity index (χ2v) is 6.86. The summed E-state index contributed by atoms with van der Waals surface area (Å²) in [5.74, 6) is -0.125. The molecule has 1 fully saturated rings. The number of aromatic nitrogens is 2. The van der Waals surface area contributed by atoms with E-state index < -0.39 is 0 Å². The van der Waals surface area contributed by atoms with E-state index in [0.717, 1.165) is 38.8 Å². The number of nitrogens with zero attached hydrogens (tertiary/aromatic N) is 2. The first-order valence-electron chi connectivity index (χ1n) is 8.17. The summed E-state index contributed by atoms with van der Waals surface area (Å²) in [6.07, 6.45) is 5.77. The molecule has 132 valence electrons. The predicted molar refractivity (Wildman–Crippen MR) is 93.0 cm³/mol. The number of carbonyl (C=O) groups excluding carboxylic acids is 1. The van der Waals surface area contributed by atoms with Gasteiger partial charge in [0, 0.05) is 25.9 Å². The fraction of sp³-hybridized carbons (Fsp3) is 0.750. The van der Waals surface area contributed by atoms with Gasteiger partial charge in [-0.1, -0.05) is 13.8 Å². The third kappa shape index (κ3) is 6.12. The van der Waals surface area contributed by atoms with Gasteiger partial charge in [0.15, 0.2) is 0 Å². The summed E-state index contributed by atoms with van der Waals surface area (Å²) in [4.78, 5) is 12.2. The average molecular weight is 345 g/mol. The summed E-state index contributed by atoms with van der Waals surface area (Å²) in [7, 11) is 0. The number of rotatable bonds is 7. The molecule has 2 rings (SSSR count). The molecule has 2 heterocycles. The van der Waals surface area contributed by atoms with E-state index in [4.69, 9.17) is 5.11 Å². The lowest BCUT2D eigenvalue weighted by Gasteiger charge is -2.24. The third-order valence-electron chi connectivity index (χ3n) is 4.23. The lowest BCUT2D eigenvalue weighted by molar-refractivity contribution is 0.0926. The van der Waals surface area contributed by atoms with Crippen molar-refractivity contribution in [2.24, 2.45) is 5.41 Å². The van der Waals surface area contributed by atoms with Crippen molar-refractivity contribution >= 4 is 18.3 Å². The molecule has 0 bridgehead atoms. The van der Waals surface area contributed by atoms with Gasteiger partial charge in [0.1, 0.15) is 5.69 Å². The standard InChI is InChI=1S/C16H28N4O2.ClH/c1-16(2,7-4-10-21)12-18-15(22)14-6-9-20(19-14)13-5-3-8-17-11-13;/h6,9,13,17,21H,3-5,7-8,10-12H2,1-2H3,(H,18,22);1H. The van der Waals surface area contributed by atoms with E-state index in [1.807, 2.05) is 10.9 Å². The Morgan fingerprint density at radius 2 is 2.35 bits per heavy atom. The molecule has 1 unspecified atom stereocenters. The number of aliphatic hydroxyl groups is 1. The maximum absolute atomic E-state index is 12.2. The summed E-state index contributed by atoms with van der Waals surface area (Å²) in [5, 5.41) is 19.6. The van der Waals surface area contributed by atoms with E-state index in [0.29, 0.717) is 18.3 Å². The molecule has 1 amide bonds. The molecule has 7 heteroatoms. The van der Waals surface area contributed by atoms with Crippen LogP contribution in [-0.2, 0) is 0 Å². The van der Waals surface area contributed by atoms with Crippen molar-refractivity contribution in [3.05, 3.63) is 18.0 Å². The number of hydrogen-bond acceptors (Lipinski definition) is 4. The minimum absolute atomic E-state index is 0. The quantitative estimate of drug-likeness (QED) is 0.704. The molecule has 1 aromatic heterocycles. The maximum atomic E-state index is 12.2. The Balaban J connectivity index is 0.00000264. The number of nitrogens with one attached hydrogen (secondary N) is 2. The zero-order chi connectivity index (χ0) is 16.0. The topological polar surface area (TPSA) is 79.2 Å². The van der Waals surface area contributed by atoms with Crippen LogP contribution in [0.4, 0.5) is 0 Å². The summed E-state index contributed by atoms with van der Waals surface area (Å²) >= 11 is 0. The van der Waals surface area contributed by atoms with Crippen LogP contribution in [0.15, 0.2) is 12.3 Å². The van der Waals surface area contributed by atoms with Crippen molar-refractivity contribution in [2.45, 2.75) is 45.6 Å². The van der Waals surface area contributed by atoms with Gasteiger partial charge in [0.05, 0.1) is 6.04 Å². The molecule has 0 aliphatic carbocycles. The zero-order valence-electron chi connectivity index (χ0n) is 14.0. The first kappa shape index (κ1) is 19.9. The molecular weight excluding hydrogens is 316 g/mol. The summed E-state index contributed by atoms with van der Waals surface area (Å²) in [5.41, 5.74) is 0.456. The largest absolute Gasteiger partial charge is 0.396 e. The molecule has 3 N–H and O–H groups in total. The van der Waals surface area contributed by atoms with Crippen LogP contribution in [0.2, 0.25) is 0 Å². The third-order valence-corrected chi connectivity index (χ3v) is 4.23. The van der Waals surface area contributed by atoms with E-state index in [1.54, 1.807) is 6.07 Å². The normalized spacial score (nSPS) is 18.3. The number of hydrogen-bond donors (Lipinski definition) is 3. The van der Waals surface area contributed by atoms with Gasteiger partial charge in [-0.3, -0.25) is 9.48 Å². The fourth-order valence-corrected chi connectivity index (χ4v) is 2.78. The van der Waals surface area contributed by atoms with Crippen molar-refractivity contribution in [3.8, 4) is 0 Å². The number of piperidine rings is 1. The molecule has 1 atom stereocenters. The van der Waals surface area contributed by atoms with Gasteiger partial charge >= 0.3 is 0 Å². The minimum atomic E-state index is -0.125.